The van der Waals surface area contributed by atoms with Crippen molar-refractivity contribution in [3.05, 3.63) is 23.3 Å². The molecule has 2 aliphatic heterocycles. The number of aliphatic hydroxyl groups excluding tert-OH is 1. The van der Waals surface area contributed by atoms with Crippen LogP contribution in [-0.2, 0) is 5.41 Å². The van der Waals surface area contributed by atoms with Gasteiger partial charge in [-0.15, -0.1) is 0 Å². The first-order valence-electron chi connectivity index (χ1n) is 10.5. The quantitative estimate of drug-likeness (QED) is 0.743. The summed E-state index contributed by atoms with van der Waals surface area (Å²) < 4.78 is 6.18. The van der Waals surface area contributed by atoms with Crippen molar-refractivity contribution in [2.45, 2.75) is 81.6 Å². The van der Waals surface area contributed by atoms with Gasteiger partial charge in [-0.05, 0) is 70.0 Å². The molecule has 5 rings (SSSR count). The molecule has 2 saturated carbocycles. The molecule has 2 heterocycles. The highest BCUT2D eigenvalue weighted by Crippen LogP contribution is 2.62. The predicted octanol–water partition coefficient (Wildman–Crippen LogP) is 2.48. The van der Waals surface area contributed by atoms with Gasteiger partial charge in [0.2, 0.25) is 0 Å². The van der Waals surface area contributed by atoms with E-state index < -0.39 is 23.2 Å². The van der Waals surface area contributed by atoms with Gasteiger partial charge in [0.15, 0.2) is 11.5 Å². The molecule has 5 heteroatoms. The molecule has 0 bridgehead atoms. The van der Waals surface area contributed by atoms with Crippen LogP contribution in [0.5, 0.6) is 11.5 Å². The molecule has 1 aromatic rings. The highest BCUT2D eigenvalue weighted by molar-refractivity contribution is 5.60. The maximum atomic E-state index is 12.2. The van der Waals surface area contributed by atoms with Gasteiger partial charge in [-0.25, -0.2) is 0 Å². The van der Waals surface area contributed by atoms with Crippen molar-refractivity contribution in [1.29, 1.82) is 0 Å². The van der Waals surface area contributed by atoms with Crippen molar-refractivity contribution >= 4 is 0 Å². The Kier molecular flexibility index (Phi) is 3.85. The van der Waals surface area contributed by atoms with Gasteiger partial charge >= 0.3 is 0 Å². The maximum Gasteiger partial charge on any atom is 0.165 e. The summed E-state index contributed by atoms with van der Waals surface area (Å²) >= 11 is 0. The second-order valence-electron chi connectivity index (χ2n) is 9.36. The fourth-order valence-corrected chi connectivity index (χ4v) is 6.46. The SMILES string of the molecule is Cc1ccc(O)c2c1[C@]13CCN(CC4CCC4)[C@H](C)[C@]1(O)CC[C@H](O)[C@@H]3O2. The lowest BCUT2D eigenvalue weighted by molar-refractivity contribution is -0.201. The number of benzene rings is 1. The number of hydrogen-bond donors (Lipinski definition) is 3. The number of aromatic hydroxyl groups is 1. The summed E-state index contributed by atoms with van der Waals surface area (Å²) in [4.78, 5) is 2.46. The first-order chi connectivity index (χ1) is 12.9. The standard InChI is InChI=1S/C22H31NO4/c1-13-6-7-16(24)19-18(13)21-10-11-23(12-15-4-3-5-15)14(2)22(21,26)9-8-17(25)20(21)27-19/h6-7,14-15,17,20,24-26H,3-5,8-12H2,1-2H3/t14-,17+,20+,21+,22-/m1/s1. The molecule has 3 N–H and O–H groups in total. The summed E-state index contributed by atoms with van der Waals surface area (Å²) in [5.74, 6) is 1.34. The Morgan fingerprint density at radius 2 is 2.00 bits per heavy atom. The molecular weight excluding hydrogens is 342 g/mol. The van der Waals surface area contributed by atoms with Gasteiger partial charge in [0.25, 0.3) is 0 Å². The van der Waals surface area contributed by atoms with Gasteiger partial charge in [0, 0.05) is 18.2 Å². The van der Waals surface area contributed by atoms with E-state index in [0.717, 1.165) is 36.6 Å². The number of phenols is 1. The Labute approximate surface area is 161 Å². The van der Waals surface area contributed by atoms with Crippen LogP contribution in [0.2, 0.25) is 0 Å². The second-order valence-corrected chi connectivity index (χ2v) is 9.36. The van der Waals surface area contributed by atoms with E-state index in [4.69, 9.17) is 4.74 Å². The summed E-state index contributed by atoms with van der Waals surface area (Å²) in [5, 5.41) is 33.4. The molecule has 1 spiro atoms. The van der Waals surface area contributed by atoms with Crippen molar-refractivity contribution in [1.82, 2.24) is 4.90 Å². The van der Waals surface area contributed by atoms with Gasteiger partial charge in [-0.1, -0.05) is 12.5 Å². The average molecular weight is 373 g/mol. The lowest BCUT2D eigenvalue weighted by Crippen LogP contribution is -2.74. The van der Waals surface area contributed by atoms with E-state index in [1.165, 1.54) is 19.3 Å². The third-order valence-corrected chi connectivity index (χ3v) is 8.21. The highest BCUT2D eigenvalue weighted by Gasteiger charge is 2.70. The zero-order chi connectivity index (χ0) is 19.0. The number of likely N-dealkylation sites (tertiary alicyclic amines) is 1. The lowest BCUT2D eigenvalue weighted by Gasteiger charge is -2.61. The van der Waals surface area contributed by atoms with Crippen LogP contribution in [0, 0.1) is 12.8 Å². The molecule has 0 amide bonds. The predicted molar refractivity (Wildman–Crippen MR) is 102 cm³/mol. The van der Waals surface area contributed by atoms with Crippen molar-refractivity contribution < 1.29 is 20.1 Å². The number of aryl methyl sites for hydroxylation is 1. The lowest BCUT2D eigenvalue weighted by atomic mass is 9.52. The number of ether oxygens (including phenoxy) is 1. The van der Waals surface area contributed by atoms with Crippen LogP contribution < -0.4 is 4.74 Å². The van der Waals surface area contributed by atoms with Gasteiger partial charge in [0.1, 0.15) is 6.10 Å². The number of piperidine rings is 1. The molecule has 4 aliphatic rings. The van der Waals surface area contributed by atoms with E-state index in [9.17, 15) is 15.3 Å². The fraction of sp³-hybridized carbons (Fsp3) is 0.727. The first kappa shape index (κ1) is 17.8. The minimum atomic E-state index is -0.970. The summed E-state index contributed by atoms with van der Waals surface area (Å²) in [7, 11) is 0. The van der Waals surface area contributed by atoms with Gasteiger partial charge in [-0.3, -0.25) is 4.90 Å². The zero-order valence-electron chi connectivity index (χ0n) is 16.3. The zero-order valence-corrected chi connectivity index (χ0v) is 16.3. The number of phenolic OH excluding ortho intramolecular Hbond substituents is 1. The van der Waals surface area contributed by atoms with E-state index in [0.29, 0.717) is 18.6 Å². The van der Waals surface area contributed by atoms with Crippen molar-refractivity contribution in [2.75, 3.05) is 13.1 Å². The van der Waals surface area contributed by atoms with E-state index >= 15 is 0 Å². The maximum absolute atomic E-state index is 12.2. The Morgan fingerprint density at radius 1 is 1.22 bits per heavy atom. The number of nitrogens with zero attached hydrogens (tertiary/aromatic N) is 1. The van der Waals surface area contributed by atoms with Crippen molar-refractivity contribution in [3.8, 4) is 11.5 Å². The summed E-state index contributed by atoms with van der Waals surface area (Å²) in [6.07, 6.45) is 4.64. The van der Waals surface area contributed by atoms with E-state index in [-0.39, 0.29) is 11.8 Å². The molecule has 2 aliphatic carbocycles. The van der Waals surface area contributed by atoms with Crippen LogP contribution >= 0.6 is 0 Å². The van der Waals surface area contributed by atoms with Gasteiger partial charge in [0.05, 0.1) is 17.1 Å². The smallest absolute Gasteiger partial charge is 0.165 e. The van der Waals surface area contributed by atoms with Crippen LogP contribution in [-0.4, -0.2) is 57.2 Å². The molecule has 27 heavy (non-hydrogen) atoms. The topological polar surface area (TPSA) is 73.2 Å². The molecule has 0 unspecified atom stereocenters. The highest BCUT2D eigenvalue weighted by atomic mass is 16.5. The number of hydrogen-bond acceptors (Lipinski definition) is 5. The monoisotopic (exact) mass is 373 g/mol. The molecule has 1 aromatic carbocycles. The molecule has 1 saturated heterocycles. The summed E-state index contributed by atoms with van der Waals surface area (Å²) in [6, 6.07) is 3.56. The molecule has 0 radical (unpaired) electrons. The van der Waals surface area contributed by atoms with Crippen molar-refractivity contribution in [2.24, 2.45) is 5.92 Å². The minimum absolute atomic E-state index is 0.00171. The number of rotatable bonds is 2. The number of fused-ring (bicyclic) bond motifs is 1. The first-order valence-corrected chi connectivity index (χ1v) is 10.5. The molecule has 3 fully saturated rings. The molecule has 148 valence electrons. The van der Waals surface area contributed by atoms with Crippen LogP contribution in [0.1, 0.15) is 56.6 Å². The molecule has 5 atom stereocenters. The second kappa shape index (κ2) is 5.85. The summed E-state index contributed by atoms with van der Waals surface area (Å²) in [6.45, 7) is 6.11. The summed E-state index contributed by atoms with van der Waals surface area (Å²) in [5.41, 5.74) is 0.322. The molecular formula is C22H31NO4. The Morgan fingerprint density at radius 3 is 2.70 bits per heavy atom. The van der Waals surface area contributed by atoms with Crippen LogP contribution in [0.25, 0.3) is 0 Å². The third-order valence-electron chi connectivity index (χ3n) is 8.21. The molecule has 5 nitrogen and oxygen atoms in total. The van der Waals surface area contributed by atoms with E-state index in [2.05, 4.69) is 11.8 Å². The number of aliphatic hydroxyl groups is 2. The minimum Gasteiger partial charge on any atom is -0.504 e. The van der Waals surface area contributed by atoms with E-state index in [1.54, 1.807) is 6.07 Å². The van der Waals surface area contributed by atoms with Crippen LogP contribution in [0.3, 0.4) is 0 Å². The molecule has 0 aromatic heterocycles. The fourth-order valence-electron chi connectivity index (χ4n) is 6.46. The Balaban J connectivity index is 1.61. The Bertz CT molecular complexity index is 763. The largest absolute Gasteiger partial charge is 0.504 e. The van der Waals surface area contributed by atoms with Crippen LogP contribution in [0.4, 0.5) is 0 Å². The average Bonchev–Trinajstić information content (AvgIpc) is 2.97. The Hall–Kier alpha value is -1.30. The third kappa shape index (κ3) is 2.16. The van der Waals surface area contributed by atoms with Crippen molar-refractivity contribution in [3.63, 3.8) is 0 Å². The normalized spacial score (nSPS) is 41.3. The van der Waals surface area contributed by atoms with Gasteiger partial charge < -0.3 is 20.1 Å². The van der Waals surface area contributed by atoms with E-state index in [1.807, 2.05) is 13.0 Å². The van der Waals surface area contributed by atoms with Gasteiger partial charge in [-0.2, -0.15) is 0 Å². The van der Waals surface area contributed by atoms with Crippen LogP contribution in [0.15, 0.2) is 12.1 Å².